The number of H-pyrrole nitrogens is 1. The minimum absolute atomic E-state index is 0.0247. The van der Waals surface area contributed by atoms with Crippen LogP contribution in [-0.2, 0) is 0 Å². The number of aromatic nitrogens is 2. The molecule has 0 saturated heterocycles. The molecule has 184 valence electrons. The SMILES string of the molecule is NC(=O)c1nccc2[nH]c([C@@H]3CC(F)(F)[C@H](C4CCC4)CC3C3CCC(F)(F)CC3)cc(=O)c12. The van der Waals surface area contributed by atoms with Crippen LogP contribution in [0.3, 0.4) is 0 Å². The number of nitrogens with two attached hydrogens (primary N) is 1. The molecule has 0 aliphatic heterocycles. The van der Waals surface area contributed by atoms with Crippen molar-refractivity contribution in [3.8, 4) is 0 Å². The van der Waals surface area contributed by atoms with E-state index >= 15 is 8.78 Å². The summed E-state index contributed by atoms with van der Waals surface area (Å²) in [5.74, 6) is -8.19. The highest BCUT2D eigenvalue weighted by molar-refractivity contribution is 6.03. The summed E-state index contributed by atoms with van der Waals surface area (Å²) in [6, 6.07) is 2.78. The highest BCUT2D eigenvalue weighted by atomic mass is 19.3. The zero-order chi connectivity index (χ0) is 24.3. The first-order valence-electron chi connectivity index (χ1n) is 12.1. The summed E-state index contributed by atoms with van der Waals surface area (Å²) in [5.41, 5.74) is 5.35. The van der Waals surface area contributed by atoms with E-state index in [9.17, 15) is 18.4 Å². The third-order valence-electron chi connectivity index (χ3n) is 8.56. The zero-order valence-electron chi connectivity index (χ0n) is 18.8. The van der Waals surface area contributed by atoms with Crippen LogP contribution in [0.25, 0.3) is 10.9 Å². The molecule has 3 saturated carbocycles. The van der Waals surface area contributed by atoms with Crippen molar-refractivity contribution in [2.75, 3.05) is 0 Å². The summed E-state index contributed by atoms with van der Waals surface area (Å²) in [6.07, 6.45) is 3.87. The molecule has 2 aromatic heterocycles. The van der Waals surface area contributed by atoms with Crippen LogP contribution in [0.2, 0.25) is 0 Å². The summed E-state index contributed by atoms with van der Waals surface area (Å²) >= 11 is 0. The number of fused-ring (bicyclic) bond motifs is 1. The average Bonchev–Trinajstić information content (AvgIpc) is 2.73. The number of carbonyl (C=O) groups is 1. The molecular formula is C25H29F4N3O2. The number of hydrogen-bond donors (Lipinski definition) is 2. The van der Waals surface area contributed by atoms with Crippen LogP contribution < -0.4 is 11.2 Å². The summed E-state index contributed by atoms with van der Waals surface area (Å²) in [7, 11) is 0. The second kappa shape index (κ2) is 8.34. The van der Waals surface area contributed by atoms with Gasteiger partial charge in [-0.05, 0) is 55.9 Å². The van der Waals surface area contributed by atoms with Gasteiger partial charge in [0.25, 0.3) is 11.8 Å². The first-order chi connectivity index (χ1) is 16.1. The largest absolute Gasteiger partial charge is 0.364 e. The smallest absolute Gasteiger partial charge is 0.268 e. The molecule has 0 spiro atoms. The van der Waals surface area contributed by atoms with E-state index in [-0.39, 0.29) is 48.1 Å². The van der Waals surface area contributed by atoms with Crippen molar-refractivity contribution in [2.45, 2.75) is 75.6 Å². The molecule has 1 unspecified atom stereocenters. The second-order valence-corrected chi connectivity index (χ2v) is 10.5. The molecule has 34 heavy (non-hydrogen) atoms. The number of aromatic amines is 1. The lowest BCUT2D eigenvalue weighted by atomic mass is 9.58. The monoisotopic (exact) mass is 479 g/mol. The Morgan fingerprint density at radius 1 is 1.09 bits per heavy atom. The normalized spacial score (nSPS) is 29.6. The molecule has 5 rings (SSSR count). The standard InChI is InChI=1S/C25H29F4N3O2/c26-24(27)7-4-13(5-8-24)15-10-17(14-2-1-3-14)25(28,29)12-16(15)19-11-20(33)21-18(32-19)6-9-31-22(21)23(30)34/h6,9,11,13-17H,1-5,7-8,10,12H2,(H2,30,34)(H,32,33)/t15?,16-,17+/m1/s1. The molecule has 0 bridgehead atoms. The molecule has 3 aliphatic rings. The van der Waals surface area contributed by atoms with Gasteiger partial charge in [-0.2, -0.15) is 0 Å². The maximum Gasteiger partial charge on any atom is 0.268 e. The number of rotatable bonds is 4. The fourth-order valence-electron chi connectivity index (χ4n) is 6.56. The molecule has 2 aromatic rings. The number of nitrogens with one attached hydrogen (secondary N) is 1. The van der Waals surface area contributed by atoms with Crippen LogP contribution >= 0.6 is 0 Å². The molecule has 3 fully saturated rings. The van der Waals surface area contributed by atoms with Crippen LogP contribution in [0.5, 0.6) is 0 Å². The van der Waals surface area contributed by atoms with Crippen molar-refractivity contribution in [3.05, 3.63) is 39.9 Å². The van der Waals surface area contributed by atoms with Gasteiger partial charge in [0.2, 0.25) is 5.92 Å². The molecule has 9 heteroatoms. The Morgan fingerprint density at radius 3 is 2.41 bits per heavy atom. The predicted octanol–water partition coefficient (Wildman–Crippen LogP) is 5.39. The number of nitrogens with zero attached hydrogens (tertiary/aromatic N) is 1. The Hall–Kier alpha value is -2.45. The minimum atomic E-state index is -2.90. The van der Waals surface area contributed by atoms with Crippen molar-refractivity contribution in [1.82, 2.24) is 9.97 Å². The van der Waals surface area contributed by atoms with E-state index in [4.69, 9.17) is 5.73 Å². The fraction of sp³-hybridized carbons (Fsp3) is 0.640. The first kappa shape index (κ1) is 23.3. The summed E-state index contributed by atoms with van der Waals surface area (Å²) < 4.78 is 58.6. The van der Waals surface area contributed by atoms with E-state index in [1.54, 1.807) is 0 Å². The Kier molecular flexibility index (Phi) is 5.72. The molecule has 1 amide bonds. The number of amides is 1. The molecule has 5 nitrogen and oxygen atoms in total. The van der Waals surface area contributed by atoms with Crippen molar-refractivity contribution in [3.63, 3.8) is 0 Å². The Bertz CT molecular complexity index is 1150. The van der Waals surface area contributed by atoms with Crippen LogP contribution in [0.15, 0.2) is 23.1 Å². The van der Waals surface area contributed by atoms with Crippen LogP contribution in [0.1, 0.15) is 79.9 Å². The van der Waals surface area contributed by atoms with Gasteiger partial charge in [0.05, 0.1) is 10.9 Å². The average molecular weight is 480 g/mol. The van der Waals surface area contributed by atoms with Crippen molar-refractivity contribution in [2.24, 2.45) is 29.4 Å². The summed E-state index contributed by atoms with van der Waals surface area (Å²) in [4.78, 5) is 31.7. The van der Waals surface area contributed by atoms with E-state index in [2.05, 4.69) is 9.97 Å². The molecule has 0 aromatic carbocycles. The maximum atomic E-state index is 15.4. The van der Waals surface area contributed by atoms with Crippen LogP contribution in [-0.4, -0.2) is 27.7 Å². The van der Waals surface area contributed by atoms with Gasteiger partial charge in [-0.3, -0.25) is 14.6 Å². The number of hydrogen-bond acceptors (Lipinski definition) is 3. The van der Waals surface area contributed by atoms with Crippen LogP contribution in [0, 0.1) is 23.7 Å². The molecule has 3 atom stereocenters. The van der Waals surface area contributed by atoms with E-state index in [0.29, 0.717) is 24.1 Å². The van der Waals surface area contributed by atoms with E-state index in [1.165, 1.54) is 18.3 Å². The molecular weight excluding hydrogens is 450 g/mol. The number of alkyl halides is 4. The Labute approximate surface area is 194 Å². The van der Waals surface area contributed by atoms with E-state index in [0.717, 1.165) is 19.3 Å². The van der Waals surface area contributed by atoms with E-state index in [1.807, 2.05) is 0 Å². The summed E-state index contributed by atoms with van der Waals surface area (Å²) in [5, 5.41) is 0.0301. The highest BCUT2D eigenvalue weighted by Crippen LogP contribution is 2.57. The number of halogens is 4. The Balaban J connectivity index is 1.55. The molecule has 3 aliphatic carbocycles. The second-order valence-electron chi connectivity index (χ2n) is 10.5. The predicted molar refractivity (Wildman–Crippen MR) is 119 cm³/mol. The Morgan fingerprint density at radius 2 is 1.79 bits per heavy atom. The highest BCUT2D eigenvalue weighted by Gasteiger charge is 2.55. The van der Waals surface area contributed by atoms with Crippen molar-refractivity contribution in [1.29, 1.82) is 0 Å². The number of primary amides is 1. The lowest BCUT2D eigenvalue weighted by molar-refractivity contribution is -0.148. The fourth-order valence-corrected chi connectivity index (χ4v) is 6.56. The minimum Gasteiger partial charge on any atom is -0.364 e. The third kappa shape index (κ3) is 4.11. The summed E-state index contributed by atoms with van der Waals surface area (Å²) in [6.45, 7) is 0. The van der Waals surface area contributed by atoms with Gasteiger partial charge in [0.1, 0.15) is 5.69 Å². The van der Waals surface area contributed by atoms with Gasteiger partial charge < -0.3 is 10.7 Å². The maximum absolute atomic E-state index is 15.4. The van der Waals surface area contributed by atoms with E-state index < -0.39 is 41.4 Å². The van der Waals surface area contributed by atoms with Gasteiger partial charge in [0, 0.05) is 49.1 Å². The van der Waals surface area contributed by atoms with Gasteiger partial charge in [-0.15, -0.1) is 0 Å². The van der Waals surface area contributed by atoms with Crippen molar-refractivity contribution < 1.29 is 22.4 Å². The molecule has 3 N–H and O–H groups in total. The number of carbonyl (C=O) groups excluding carboxylic acids is 1. The molecule has 0 radical (unpaired) electrons. The van der Waals surface area contributed by atoms with Crippen molar-refractivity contribution >= 4 is 16.8 Å². The van der Waals surface area contributed by atoms with Gasteiger partial charge >= 0.3 is 0 Å². The topological polar surface area (TPSA) is 88.8 Å². The van der Waals surface area contributed by atoms with Gasteiger partial charge in [0.15, 0.2) is 5.43 Å². The quantitative estimate of drug-likeness (QED) is 0.576. The van der Waals surface area contributed by atoms with Crippen LogP contribution in [0.4, 0.5) is 17.6 Å². The zero-order valence-corrected chi connectivity index (χ0v) is 18.8. The lowest BCUT2D eigenvalue weighted by Crippen LogP contribution is -2.47. The third-order valence-corrected chi connectivity index (χ3v) is 8.56. The van der Waals surface area contributed by atoms with Gasteiger partial charge in [-0.1, -0.05) is 6.42 Å². The molecule has 2 heterocycles. The van der Waals surface area contributed by atoms with Gasteiger partial charge in [-0.25, -0.2) is 17.6 Å². The first-order valence-corrected chi connectivity index (χ1v) is 12.1. The number of pyridine rings is 2. The lowest BCUT2D eigenvalue weighted by Gasteiger charge is -2.49.